The second kappa shape index (κ2) is 7.93. The molecule has 1 aromatic rings. The largest absolute Gasteiger partial charge is 0.379 e. The van der Waals surface area contributed by atoms with Crippen LogP contribution in [0.2, 0.25) is 0 Å². The molecule has 0 spiro atoms. The number of hydrogen-bond donors (Lipinski definition) is 1. The molecule has 0 amide bonds. The van der Waals surface area contributed by atoms with E-state index in [2.05, 4.69) is 43.4 Å². The number of thioether (sulfide) groups is 1. The van der Waals surface area contributed by atoms with Crippen molar-refractivity contribution in [1.29, 1.82) is 0 Å². The Morgan fingerprint density at radius 1 is 1.32 bits per heavy atom. The number of rotatable bonds is 8. The van der Waals surface area contributed by atoms with Crippen LogP contribution in [-0.2, 0) is 11.2 Å². The molecule has 0 aliphatic carbocycles. The van der Waals surface area contributed by atoms with Crippen molar-refractivity contribution in [3.8, 4) is 0 Å². The topological polar surface area (TPSA) is 21.3 Å². The molecule has 1 unspecified atom stereocenters. The zero-order valence-electron chi connectivity index (χ0n) is 12.0. The Kier molecular flexibility index (Phi) is 6.21. The summed E-state index contributed by atoms with van der Waals surface area (Å²) >= 11 is 2.02. The van der Waals surface area contributed by atoms with Gasteiger partial charge in [-0.2, -0.15) is 0 Å². The van der Waals surface area contributed by atoms with Crippen LogP contribution in [0.5, 0.6) is 0 Å². The minimum absolute atomic E-state index is 0.362. The van der Waals surface area contributed by atoms with Crippen LogP contribution in [-0.4, -0.2) is 31.1 Å². The Bertz CT molecular complexity index is 356. The minimum Gasteiger partial charge on any atom is -0.379 e. The zero-order chi connectivity index (χ0) is 13.5. The quantitative estimate of drug-likeness (QED) is 0.736. The van der Waals surface area contributed by atoms with E-state index >= 15 is 0 Å². The van der Waals surface area contributed by atoms with Gasteiger partial charge in [-0.25, -0.2) is 0 Å². The maximum atomic E-state index is 5.53. The number of benzene rings is 1. The molecule has 0 aromatic heterocycles. The van der Waals surface area contributed by atoms with E-state index in [9.17, 15) is 0 Å². The predicted molar refractivity (Wildman–Crippen MR) is 83.0 cm³/mol. The summed E-state index contributed by atoms with van der Waals surface area (Å²) in [7, 11) is 0. The molecular weight excluding hydrogens is 254 g/mol. The van der Waals surface area contributed by atoms with Gasteiger partial charge in [0.05, 0.1) is 6.10 Å². The average Bonchev–Trinajstić information content (AvgIpc) is 2.79. The van der Waals surface area contributed by atoms with E-state index in [-0.39, 0.29) is 0 Å². The predicted octanol–water partition coefficient (Wildman–Crippen LogP) is 3.50. The zero-order valence-corrected chi connectivity index (χ0v) is 12.8. The first-order valence-electron chi connectivity index (χ1n) is 7.32. The van der Waals surface area contributed by atoms with Gasteiger partial charge in [0.25, 0.3) is 0 Å². The van der Waals surface area contributed by atoms with Crippen molar-refractivity contribution >= 4 is 11.8 Å². The number of hydrogen-bond acceptors (Lipinski definition) is 3. The molecule has 0 bridgehead atoms. The molecule has 0 fully saturated rings. The van der Waals surface area contributed by atoms with Crippen molar-refractivity contribution in [3.63, 3.8) is 0 Å². The lowest BCUT2D eigenvalue weighted by atomic mass is 10.1. The summed E-state index contributed by atoms with van der Waals surface area (Å²) in [5.74, 6) is 0. The third-order valence-electron chi connectivity index (χ3n) is 3.28. The molecule has 1 atom stereocenters. The molecule has 2 rings (SSSR count). The van der Waals surface area contributed by atoms with Gasteiger partial charge in [0.2, 0.25) is 0 Å². The molecule has 19 heavy (non-hydrogen) atoms. The summed E-state index contributed by atoms with van der Waals surface area (Å²) in [6.45, 7) is 7.29. The maximum Gasteiger partial charge on any atom is 0.0518 e. The van der Waals surface area contributed by atoms with Gasteiger partial charge in [0.15, 0.2) is 0 Å². The maximum absolute atomic E-state index is 5.53. The van der Waals surface area contributed by atoms with Gasteiger partial charge < -0.3 is 10.1 Å². The molecule has 1 heterocycles. The van der Waals surface area contributed by atoms with E-state index in [0.717, 1.165) is 26.1 Å². The lowest BCUT2D eigenvalue weighted by Crippen LogP contribution is -2.25. The van der Waals surface area contributed by atoms with Crippen molar-refractivity contribution in [2.24, 2.45) is 0 Å². The van der Waals surface area contributed by atoms with E-state index in [1.165, 1.54) is 23.3 Å². The summed E-state index contributed by atoms with van der Waals surface area (Å²) in [5.41, 5.74) is 1.52. The molecule has 106 valence electrons. The monoisotopic (exact) mass is 279 g/mol. The average molecular weight is 279 g/mol. The van der Waals surface area contributed by atoms with Crippen molar-refractivity contribution < 1.29 is 4.74 Å². The number of nitrogens with one attached hydrogen (secondary N) is 1. The highest BCUT2D eigenvalue weighted by molar-refractivity contribution is 8.00. The van der Waals surface area contributed by atoms with Crippen LogP contribution in [0.25, 0.3) is 0 Å². The standard InChI is InChI=1S/C16H25NOS/c1-13(2)18-10-6-5-9-17-12-15-11-14-7-3-4-8-16(14)19-15/h3-4,7-8,13,15,17H,5-6,9-12H2,1-2H3. The first kappa shape index (κ1) is 14.9. The molecule has 1 aromatic carbocycles. The molecule has 0 saturated heterocycles. The summed E-state index contributed by atoms with van der Waals surface area (Å²) in [6, 6.07) is 8.77. The van der Waals surface area contributed by atoms with Gasteiger partial charge >= 0.3 is 0 Å². The van der Waals surface area contributed by atoms with Crippen molar-refractivity contribution in [1.82, 2.24) is 5.32 Å². The Morgan fingerprint density at radius 3 is 2.95 bits per heavy atom. The van der Waals surface area contributed by atoms with Crippen LogP contribution in [0, 0.1) is 0 Å². The molecule has 1 aliphatic rings. The second-order valence-electron chi connectivity index (χ2n) is 5.38. The highest BCUT2D eigenvalue weighted by Crippen LogP contribution is 2.36. The van der Waals surface area contributed by atoms with Crippen molar-refractivity contribution in [2.45, 2.75) is 49.4 Å². The molecular formula is C16H25NOS. The minimum atomic E-state index is 0.362. The van der Waals surface area contributed by atoms with E-state index < -0.39 is 0 Å². The van der Waals surface area contributed by atoms with Gasteiger partial charge in [-0.1, -0.05) is 18.2 Å². The lowest BCUT2D eigenvalue weighted by Gasteiger charge is -2.10. The van der Waals surface area contributed by atoms with Crippen molar-refractivity contribution in [2.75, 3.05) is 19.7 Å². The van der Waals surface area contributed by atoms with Crippen LogP contribution in [0.1, 0.15) is 32.3 Å². The van der Waals surface area contributed by atoms with Crippen LogP contribution in [0.15, 0.2) is 29.2 Å². The van der Waals surface area contributed by atoms with Gasteiger partial charge in [0.1, 0.15) is 0 Å². The molecule has 0 saturated carbocycles. The highest BCUT2D eigenvalue weighted by atomic mass is 32.2. The fourth-order valence-electron chi connectivity index (χ4n) is 2.30. The summed E-state index contributed by atoms with van der Waals surface area (Å²) < 4.78 is 5.53. The first-order chi connectivity index (χ1) is 9.25. The van der Waals surface area contributed by atoms with Gasteiger partial charge in [-0.15, -0.1) is 11.8 Å². The first-order valence-corrected chi connectivity index (χ1v) is 8.20. The van der Waals surface area contributed by atoms with E-state index in [1.807, 2.05) is 11.8 Å². The normalized spacial score (nSPS) is 17.9. The smallest absolute Gasteiger partial charge is 0.0518 e. The van der Waals surface area contributed by atoms with Crippen molar-refractivity contribution in [3.05, 3.63) is 29.8 Å². The Morgan fingerprint density at radius 2 is 2.16 bits per heavy atom. The second-order valence-corrected chi connectivity index (χ2v) is 6.72. The van der Waals surface area contributed by atoms with Gasteiger partial charge in [0, 0.05) is 23.3 Å². The van der Waals surface area contributed by atoms with Gasteiger partial charge in [-0.3, -0.25) is 0 Å². The third kappa shape index (κ3) is 5.17. The molecule has 1 aliphatic heterocycles. The lowest BCUT2D eigenvalue weighted by molar-refractivity contribution is 0.0760. The van der Waals surface area contributed by atoms with E-state index in [1.54, 1.807) is 0 Å². The molecule has 2 nitrogen and oxygen atoms in total. The van der Waals surface area contributed by atoms with E-state index in [4.69, 9.17) is 4.74 Å². The molecule has 0 radical (unpaired) electrons. The number of ether oxygens (including phenoxy) is 1. The van der Waals surface area contributed by atoms with Crippen LogP contribution in [0.4, 0.5) is 0 Å². The van der Waals surface area contributed by atoms with Crippen LogP contribution >= 0.6 is 11.8 Å². The van der Waals surface area contributed by atoms with E-state index in [0.29, 0.717) is 11.4 Å². The fourth-order valence-corrected chi connectivity index (χ4v) is 3.59. The molecule has 3 heteroatoms. The SMILES string of the molecule is CC(C)OCCCCNCC1Cc2ccccc2S1. The summed E-state index contributed by atoms with van der Waals surface area (Å²) in [4.78, 5) is 1.47. The number of unbranched alkanes of at least 4 members (excludes halogenated alkanes) is 1. The van der Waals surface area contributed by atoms with Crippen LogP contribution < -0.4 is 5.32 Å². The summed E-state index contributed by atoms with van der Waals surface area (Å²) in [5, 5.41) is 4.29. The Balaban J connectivity index is 1.52. The Hall–Kier alpha value is -0.510. The van der Waals surface area contributed by atoms with Gasteiger partial charge in [-0.05, 0) is 51.3 Å². The van der Waals surface area contributed by atoms with Crippen LogP contribution in [0.3, 0.4) is 0 Å². The third-order valence-corrected chi connectivity index (χ3v) is 4.60. The Labute approximate surface area is 121 Å². The highest BCUT2D eigenvalue weighted by Gasteiger charge is 2.20. The number of fused-ring (bicyclic) bond motifs is 1. The molecule has 1 N–H and O–H groups in total. The fraction of sp³-hybridized carbons (Fsp3) is 0.625. The summed E-state index contributed by atoms with van der Waals surface area (Å²) in [6.07, 6.45) is 3.94.